The van der Waals surface area contributed by atoms with Gasteiger partial charge in [0, 0.05) is 0 Å². The number of nitrogens with one attached hydrogen (secondary N) is 2. The summed E-state index contributed by atoms with van der Waals surface area (Å²) < 4.78 is 12.1. The van der Waals surface area contributed by atoms with Gasteiger partial charge in [0.2, 0.25) is 0 Å². The molecule has 0 fully saturated rings. The van der Waals surface area contributed by atoms with Crippen LogP contribution < -0.4 is 20.2 Å². The van der Waals surface area contributed by atoms with E-state index in [1.165, 1.54) is 6.21 Å². The van der Waals surface area contributed by atoms with Crippen molar-refractivity contribution in [1.29, 1.82) is 0 Å². The van der Waals surface area contributed by atoms with Gasteiger partial charge < -0.3 is 14.8 Å². The first-order chi connectivity index (χ1) is 15.1. The van der Waals surface area contributed by atoms with Crippen LogP contribution in [-0.4, -0.2) is 37.3 Å². The first kappa shape index (κ1) is 25.9. The second kappa shape index (κ2) is 12.1. The van der Waals surface area contributed by atoms with Crippen LogP contribution in [0.25, 0.3) is 0 Å². The molecule has 2 aromatic rings. The number of carbonyl (C=O) groups is 2. The molecule has 0 spiro atoms. The molecule has 0 radical (unpaired) electrons. The van der Waals surface area contributed by atoms with Gasteiger partial charge in [-0.15, -0.1) is 0 Å². The fourth-order valence-corrected chi connectivity index (χ4v) is 3.78. The summed E-state index contributed by atoms with van der Waals surface area (Å²) >= 11 is 8.25. The summed E-state index contributed by atoms with van der Waals surface area (Å²) in [5.74, 6) is 0.216. The highest BCUT2D eigenvalue weighted by Crippen LogP contribution is 2.34. The Balaban J connectivity index is 2.11. The molecule has 0 bridgehead atoms. The Kier molecular flexibility index (Phi) is 9.77. The topological polar surface area (TPSA) is 89.0 Å². The molecule has 32 heavy (non-hydrogen) atoms. The Morgan fingerprint density at radius 1 is 1.16 bits per heavy atom. The highest BCUT2D eigenvalue weighted by atomic mass is 127. The molecule has 0 aromatic heterocycles. The fourth-order valence-electron chi connectivity index (χ4n) is 2.80. The summed E-state index contributed by atoms with van der Waals surface area (Å²) in [6.45, 7) is 7.55. The minimum Gasteiger partial charge on any atom is -0.493 e. The van der Waals surface area contributed by atoms with E-state index in [-0.39, 0.29) is 12.0 Å². The monoisotopic (exact) mass is 571 g/mol. The third-order valence-corrected chi connectivity index (χ3v) is 5.48. The van der Waals surface area contributed by atoms with Crippen LogP contribution in [-0.2, 0) is 4.79 Å². The van der Waals surface area contributed by atoms with Gasteiger partial charge in [0.1, 0.15) is 6.04 Å². The molecule has 172 valence electrons. The van der Waals surface area contributed by atoms with Crippen LogP contribution in [0.3, 0.4) is 0 Å². The van der Waals surface area contributed by atoms with Gasteiger partial charge in [-0.05, 0) is 72.2 Å². The molecule has 0 aliphatic heterocycles. The number of hydrogen-bond acceptors (Lipinski definition) is 5. The predicted molar refractivity (Wildman–Crippen MR) is 135 cm³/mol. The third-order valence-electron chi connectivity index (χ3n) is 4.35. The SMILES string of the molecule is COc1cc(/C=N\NC(=O)C(NC(=O)c2ccccc2Cl)C(C)C)cc(I)c1OC(C)C. The molecule has 9 heteroatoms. The largest absolute Gasteiger partial charge is 0.493 e. The summed E-state index contributed by atoms with van der Waals surface area (Å²) in [6.07, 6.45) is 1.51. The van der Waals surface area contributed by atoms with Crippen LogP contribution in [0, 0.1) is 9.49 Å². The smallest absolute Gasteiger partial charge is 0.262 e. The average molecular weight is 572 g/mol. The summed E-state index contributed by atoms with van der Waals surface area (Å²) in [5.41, 5.74) is 3.53. The van der Waals surface area contributed by atoms with Gasteiger partial charge in [0.05, 0.1) is 33.6 Å². The normalized spacial score (nSPS) is 12.2. The number of carbonyl (C=O) groups excluding carboxylic acids is 2. The Morgan fingerprint density at radius 2 is 1.84 bits per heavy atom. The van der Waals surface area contributed by atoms with Gasteiger partial charge in [-0.2, -0.15) is 5.10 Å². The number of methoxy groups -OCH3 is 1. The van der Waals surface area contributed by atoms with Crippen LogP contribution in [0.1, 0.15) is 43.6 Å². The van der Waals surface area contributed by atoms with Crippen molar-refractivity contribution in [3.05, 3.63) is 56.1 Å². The van der Waals surface area contributed by atoms with Crippen molar-refractivity contribution in [1.82, 2.24) is 10.7 Å². The molecule has 0 aliphatic carbocycles. The summed E-state index contributed by atoms with van der Waals surface area (Å²) in [4.78, 5) is 25.2. The van der Waals surface area contributed by atoms with Gasteiger partial charge in [-0.3, -0.25) is 9.59 Å². The highest BCUT2D eigenvalue weighted by Gasteiger charge is 2.25. The fraction of sp³-hybridized carbons (Fsp3) is 0.348. The molecule has 2 amide bonds. The van der Waals surface area contributed by atoms with Crippen LogP contribution >= 0.6 is 34.2 Å². The van der Waals surface area contributed by atoms with E-state index in [1.807, 2.05) is 33.8 Å². The molecular weight excluding hydrogens is 545 g/mol. The van der Waals surface area contributed by atoms with Crippen LogP contribution in [0.15, 0.2) is 41.5 Å². The Labute approximate surface area is 207 Å². The minimum atomic E-state index is -0.785. The molecule has 0 saturated carbocycles. The maximum atomic E-state index is 12.7. The van der Waals surface area contributed by atoms with Crippen LogP contribution in [0.5, 0.6) is 11.5 Å². The Bertz CT molecular complexity index is 995. The molecule has 0 aliphatic rings. The molecule has 2 aromatic carbocycles. The van der Waals surface area contributed by atoms with Gasteiger partial charge in [0.25, 0.3) is 11.8 Å². The van der Waals surface area contributed by atoms with Gasteiger partial charge in [-0.1, -0.05) is 37.6 Å². The zero-order valence-electron chi connectivity index (χ0n) is 18.6. The van der Waals surface area contributed by atoms with E-state index in [4.69, 9.17) is 21.1 Å². The van der Waals surface area contributed by atoms with E-state index in [0.717, 1.165) is 9.13 Å². The van der Waals surface area contributed by atoms with Gasteiger partial charge in [-0.25, -0.2) is 5.43 Å². The van der Waals surface area contributed by atoms with Crippen molar-refractivity contribution < 1.29 is 19.1 Å². The maximum Gasteiger partial charge on any atom is 0.262 e. The lowest BCUT2D eigenvalue weighted by atomic mass is 10.0. The van der Waals surface area contributed by atoms with E-state index in [1.54, 1.807) is 37.4 Å². The van der Waals surface area contributed by atoms with E-state index in [0.29, 0.717) is 22.1 Å². The van der Waals surface area contributed by atoms with Crippen molar-refractivity contribution >= 4 is 52.2 Å². The highest BCUT2D eigenvalue weighted by molar-refractivity contribution is 14.1. The molecule has 0 saturated heterocycles. The lowest BCUT2D eigenvalue weighted by molar-refractivity contribution is -0.123. The van der Waals surface area contributed by atoms with Crippen molar-refractivity contribution in [2.75, 3.05) is 7.11 Å². The zero-order chi connectivity index (χ0) is 23.8. The minimum absolute atomic E-state index is 0.00478. The lowest BCUT2D eigenvalue weighted by Crippen LogP contribution is -2.48. The maximum absolute atomic E-state index is 12.7. The van der Waals surface area contributed by atoms with Crippen molar-refractivity contribution in [3.63, 3.8) is 0 Å². The van der Waals surface area contributed by atoms with E-state index in [2.05, 4.69) is 38.4 Å². The van der Waals surface area contributed by atoms with E-state index < -0.39 is 17.9 Å². The lowest BCUT2D eigenvalue weighted by Gasteiger charge is -2.20. The number of hydrogen-bond donors (Lipinski definition) is 2. The van der Waals surface area contributed by atoms with Gasteiger partial charge in [0.15, 0.2) is 11.5 Å². The molecule has 1 unspecified atom stereocenters. The Hall–Kier alpha value is -2.33. The molecule has 1 atom stereocenters. The molecule has 7 nitrogen and oxygen atoms in total. The average Bonchev–Trinajstić information content (AvgIpc) is 2.73. The number of rotatable bonds is 9. The number of ether oxygens (including phenoxy) is 2. The molecule has 2 rings (SSSR count). The van der Waals surface area contributed by atoms with Crippen molar-refractivity contribution in [2.45, 2.75) is 39.8 Å². The summed E-state index contributed by atoms with van der Waals surface area (Å²) in [7, 11) is 1.57. The van der Waals surface area contributed by atoms with Crippen molar-refractivity contribution in [3.8, 4) is 11.5 Å². The molecule has 2 N–H and O–H groups in total. The van der Waals surface area contributed by atoms with E-state index in [9.17, 15) is 9.59 Å². The van der Waals surface area contributed by atoms with Crippen LogP contribution in [0.2, 0.25) is 5.02 Å². The summed E-state index contributed by atoms with van der Waals surface area (Å²) in [5, 5.41) is 7.09. The zero-order valence-corrected chi connectivity index (χ0v) is 21.5. The number of benzene rings is 2. The Morgan fingerprint density at radius 3 is 2.44 bits per heavy atom. The number of hydrazone groups is 1. The van der Waals surface area contributed by atoms with Crippen LogP contribution in [0.4, 0.5) is 0 Å². The number of amides is 2. The first-order valence-corrected chi connectivity index (χ1v) is 11.5. The van der Waals surface area contributed by atoms with E-state index >= 15 is 0 Å². The first-order valence-electron chi connectivity index (χ1n) is 10.1. The number of halogens is 2. The predicted octanol–water partition coefficient (Wildman–Crippen LogP) is 4.65. The van der Waals surface area contributed by atoms with Crippen molar-refractivity contribution in [2.24, 2.45) is 11.0 Å². The quantitative estimate of drug-likeness (QED) is 0.261. The second-order valence-corrected chi connectivity index (χ2v) is 9.18. The third kappa shape index (κ3) is 7.09. The second-order valence-electron chi connectivity index (χ2n) is 7.61. The number of nitrogens with zero attached hydrogens (tertiary/aromatic N) is 1. The standard InChI is InChI=1S/C23H27ClIN3O4/c1-13(2)20(27-22(29)16-8-6-7-9-17(16)24)23(30)28-26-12-15-10-18(25)21(32-14(3)4)19(11-15)31-5/h6-14,20H,1-5H3,(H,27,29)(H,28,30)/b26-12-. The summed E-state index contributed by atoms with van der Waals surface area (Å²) in [6, 6.07) is 9.53. The van der Waals surface area contributed by atoms with Gasteiger partial charge >= 0.3 is 0 Å². The molecule has 0 heterocycles. The molecular formula is C23H27ClIN3O4.